The van der Waals surface area contributed by atoms with Crippen molar-refractivity contribution in [2.75, 3.05) is 5.32 Å². The molecule has 0 bridgehead atoms. The van der Waals surface area contributed by atoms with Crippen LogP contribution in [0.5, 0.6) is 0 Å². The lowest BCUT2D eigenvalue weighted by molar-refractivity contribution is -0.118. The number of nitrogens with one attached hydrogen (secondary N) is 1. The maximum Gasteiger partial charge on any atom is 0.506 e. The Morgan fingerprint density at radius 2 is 2.00 bits per heavy atom. The van der Waals surface area contributed by atoms with Crippen molar-refractivity contribution in [3.8, 4) is 0 Å². The normalized spacial score (nSPS) is 18.7. The number of aryl methyl sites for hydroxylation is 1. The molecule has 2 N–H and O–H groups in total. The maximum atomic E-state index is 12.0. The van der Waals surface area contributed by atoms with E-state index in [0.717, 1.165) is 9.92 Å². The van der Waals surface area contributed by atoms with Gasteiger partial charge in [-0.15, -0.1) is 0 Å². The largest absolute Gasteiger partial charge is 0.506 e. The molecule has 2 unspecified atom stereocenters. The number of carbonyl (C=O) groups excluding carboxylic acids is 1. The molecule has 1 aliphatic carbocycles. The van der Waals surface area contributed by atoms with Crippen molar-refractivity contribution >= 4 is 29.5 Å². The molecule has 124 valence electrons. The van der Waals surface area contributed by atoms with Gasteiger partial charge in [0.15, 0.2) is 0 Å². The number of benzene rings is 1. The van der Waals surface area contributed by atoms with Crippen LogP contribution in [0.1, 0.15) is 12.0 Å². The minimum absolute atomic E-state index is 0.248. The van der Waals surface area contributed by atoms with E-state index in [1.165, 1.54) is 5.56 Å². The Bertz CT molecular complexity index is 746. The second-order valence-electron chi connectivity index (χ2n) is 5.55. The molecule has 0 saturated heterocycles. The van der Waals surface area contributed by atoms with Crippen molar-refractivity contribution < 1.29 is 19.4 Å². The van der Waals surface area contributed by atoms with E-state index in [9.17, 15) is 9.59 Å². The smallest absolute Gasteiger partial charge is 0.450 e. The molecule has 1 aromatic carbocycles. The third-order valence-corrected chi connectivity index (χ3v) is 4.53. The average Bonchev–Trinajstić information content (AvgIpc) is 3.30. The van der Waals surface area contributed by atoms with Gasteiger partial charge < -0.3 is 15.2 Å². The van der Waals surface area contributed by atoms with Crippen molar-refractivity contribution in [2.45, 2.75) is 29.4 Å². The molecule has 0 spiro atoms. The monoisotopic (exact) mass is 344 g/mol. The quantitative estimate of drug-likeness (QED) is 0.806. The summed E-state index contributed by atoms with van der Waals surface area (Å²) in [5.74, 6) is -0.662. The molecule has 2 aromatic rings. The Hall–Kier alpha value is -2.54. The highest BCUT2D eigenvalue weighted by Crippen LogP contribution is 2.35. The fourth-order valence-corrected chi connectivity index (χ4v) is 2.94. The second-order valence-corrected chi connectivity index (χ2v) is 6.65. The Balaban J connectivity index is 1.54. The van der Waals surface area contributed by atoms with Gasteiger partial charge in [0.05, 0.1) is 17.8 Å². The molecule has 0 radical (unpaired) electrons. The summed E-state index contributed by atoms with van der Waals surface area (Å²) in [6, 6.07) is 11.8. The number of ether oxygens (including phenoxy) is 1. The van der Waals surface area contributed by atoms with Gasteiger partial charge in [-0.25, -0.2) is 9.78 Å². The van der Waals surface area contributed by atoms with Crippen LogP contribution < -0.4 is 5.32 Å². The van der Waals surface area contributed by atoms with Crippen LogP contribution in [0.2, 0.25) is 0 Å². The van der Waals surface area contributed by atoms with Gasteiger partial charge >= 0.3 is 6.16 Å². The summed E-state index contributed by atoms with van der Waals surface area (Å²) >= 11 is 1.54. The summed E-state index contributed by atoms with van der Waals surface area (Å²) in [5, 5.41) is 12.1. The third kappa shape index (κ3) is 4.26. The number of nitrogens with zero attached hydrogens (tertiary/aromatic N) is 1. The number of carbonyl (C=O) groups is 2. The first-order valence-electron chi connectivity index (χ1n) is 7.42. The average molecular weight is 344 g/mol. The summed E-state index contributed by atoms with van der Waals surface area (Å²) in [4.78, 5) is 27.8. The highest BCUT2D eigenvalue weighted by atomic mass is 32.2. The van der Waals surface area contributed by atoms with Crippen LogP contribution >= 0.6 is 11.8 Å². The summed E-state index contributed by atoms with van der Waals surface area (Å²) in [6.07, 6.45) is 0.123. The van der Waals surface area contributed by atoms with Crippen LogP contribution in [-0.4, -0.2) is 28.3 Å². The molecule has 1 fully saturated rings. The zero-order valence-electron chi connectivity index (χ0n) is 12.9. The van der Waals surface area contributed by atoms with Crippen LogP contribution in [0.15, 0.2) is 52.5 Å². The number of anilines is 1. The van der Waals surface area contributed by atoms with Crippen molar-refractivity contribution in [1.29, 1.82) is 0 Å². The predicted octanol–water partition coefficient (Wildman–Crippen LogP) is 3.56. The number of rotatable bonds is 5. The topological polar surface area (TPSA) is 88.5 Å². The van der Waals surface area contributed by atoms with Crippen molar-refractivity contribution in [3.63, 3.8) is 0 Å². The van der Waals surface area contributed by atoms with Gasteiger partial charge in [0, 0.05) is 11.3 Å². The van der Waals surface area contributed by atoms with Gasteiger partial charge in [0.2, 0.25) is 5.91 Å². The molecule has 1 amide bonds. The zero-order chi connectivity index (χ0) is 17.1. The number of pyridine rings is 1. The van der Waals surface area contributed by atoms with Gasteiger partial charge in [0.1, 0.15) is 11.1 Å². The van der Waals surface area contributed by atoms with Crippen LogP contribution in [0.4, 0.5) is 10.5 Å². The number of aromatic nitrogens is 1. The Labute approximate surface area is 143 Å². The number of hydrogen-bond donors (Lipinski definition) is 2. The molecule has 0 aliphatic heterocycles. The summed E-state index contributed by atoms with van der Waals surface area (Å²) in [6.45, 7) is 2.04. The molecule has 24 heavy (non-hydrogen) atoms. The number of hydrogen-bond acceptors (Lipinski definition) is 5. The molecule has 1 heterocycles. The van der Waals surface area contributed by atoms with E-state index in [4.69, 9.17) is 5.11 Å². The van der Waals surface area contributed by atoms with Gasteiger partial charge in [-0.3, -0.25) is 4.79 Å². The van der Waals surface area contributed by atoms with Crippen molar-refractivity contribution in [3.05, 3.63) is 48.2 Å². The third-order valence-electron chi connectivity index (χ3n) is 3.57. The fraction of sp³-hybridized carbons (Fsp3) is 0.235. The van der Waals surface area contributed by atoms with Crippen molar-refractivity contribution in [1.82, 2.24) is 4.98 Å². The first kappa shape index (κ1) is 16.3. The Morgan fingerprint density at radius 3 is 2.62 bits per heavy atom. The molecule has 7 heteroatoms. The van der Waals surface area contributed by atoms with Crippen molar-refractivity contribution in [2.24, 2.45) is 5.92 Å². The highest BCUT2D eigenvalue weighted by molar-refractivity contribution is 7.99. The minimum atomic E-state index is -1.35. The molecule has 1 aliphatic rings. The van der Waals surface area contributed by atoms with Gasteiger partial charge in [-0.2, -0.15) is 0 Å². The SMILES string of the molecule is Cc1ccc(Sc2ccc(NC(=O)C3CC3OC(=O)O)cn2)cc1. The lowest BCUT2D eigenvalue weighted by Crippen LogP contribution is -2.17. The minimum Gasteiger partial charge on any atom is -0.450 e. The van der Waals surface area contributed by atoms with Crippen LogP contribution in [0.3, 0.4) is 0 Å². The predicted molar refractivity (Wildman–Crippen MR) is 89.2 cm³/mol. The lowest BCUT2D eigenvalue weighted by atomic mass is 10.2. The summed E-state index contributed by atoms with van der Waals surface area (Å²) < 4.78 is 4.56. The number of carboxylic acid groups (broad SMARTS) is 1. The first-order valence-corrected chi connectivity index (χ1v) is 8.24. The van der Waals surface area contributed by atoms with Crippen LogP contribution in [0.25, 0.3) is 0 Å². The molecule has 1 saturated carbocycles. The lowest BCUT2D eigenvalue weighted by Gasteiger charge is -2.06. The van der Waals surface area contributed by atoms with E-state index >= 15 is 0 Å². The molecule has 1 aromatic heterocycles. The van der Waals surface area contributed by atoms with E-state index in [-0.39, 0.29) is 5.91 Å². The van der Waals surface area contributed by atoms with Gasteiger partial charge in [-0.1, -0.05) is 29.5 Å². The molecular weight excluding hydrogens is 328 g/mol. The highest BCUT2D eigenvalue weighted by Gasteiger charge is 2.46. The Morgan fingerprint density at radius 1 is 1.25 bits per heavy atom. The molecular formula is C17H16N2O4S. The molecule has 6 nitrogen and oxygen atoms in total. The van der Waals surface area contributed by atoms with E-state index in [1.807, 2.05) is 37.3 Å². The maximum absolute atomic E-state index is 12.0. The first-order chi connectivity index (χ1) is 11.5. The summed E-state index contributed by atoms with van der Waals surface area (Å²) in [5.41, 5.74) is 1.78. The Kier molecular flexibility index (Phi) is 4.71. The zero-order valence-corrected chi connectivity index (χ0v) is 13.7. The van der Waals surface area contributed by atoms with Gasteiger partial charge in [0.25, 0.3) is 0 Å². The van der Waals surface area contributed by atoms with E-state index in [2.05, 4.69) is 15.0 Å². The van der Waals surface area contributed by atoms with Gasteiger partial charge in [-0.05, 0) is 31.2 Å². The molecule has 3 rings (SSSR count). The van der Waals surface area contributed by atoms with Crippen LogP contribution in [-0.2, 0) is 9.53 Å². The van der Waals surface area contributed by atoms with Crippen LogP contribution in [0, 0.1) is 12.8 Å². The summed E-state index contributed by atoms with van der Waals surface area (Å²) in [7, 11) is 0. The van der Waals surface area contributed by atoms with E-state index < -0.39 is 18.2 Å². The fourth-order valence-electron chi connectivity index (χ4n) is 2.18. The van der Waals surface area contributed by atoms with E-state index in [1.54, 1.807) is 24.0 Å². The standard InChI is InChI=1S/C17H16N2O4S/c1-10-2-5-12(6-3-10)24-15-7-4-11(9-18-15)19-16(20)13-8-14(13)23-17(21)22/h2-7,9,13-14H,8H2,1H3,(H,19,20)(H,21,22). The second kappa shape index (κ2) is 6.92. The van der Waals surface area contributed by atoms with E-state index in [0.29, 0.717) is 12.1 Å². The number of amides is 1. The molecule has 2 atom stereocenters.